The lowest BCUT2D eigenvalue weighted by Gasteiger charge is -2.02. The molecule has 0 aromatic rings. The number of carbonyl (C=O) groups is 1. The van der Waals surface area contributed by atoms with Gasteiger partial charge in [0.05, 0.1) is 0 Å². The molecular weight excluding hydrogens is 176 g/mol. The van der Waals surface area contributed by atoms with Crippen molar-refractivity contribution in [1.82, 2.24) is 0 Å². The summed E-state index contributed by atoms with van der Waals surface area (Å²) in [6.07, 6.45) is 2.13. The van der Waals surface area contributed by atoms with Crippen LogP contribution >= 0.6 is 11.6 Å². The first-order valence-corrected chi connectivity index (χ1v) is 4.56. The second-order valence-electron chi connectivity index (χ2n) is 2.76. The fourth-order valence-electron chi connectivity index (χ4n) is 0.640. The number of alkyl halides is 1. The van der Waals surface area contributed by atoms with E-state index in [0.717, 1.165) is 18.4 Å². The van der Waals surface area contributed by atoms with E-state index >= 15 is 0 Å². The van der Waals surface area contributed by atoms with E-state index in [0.29, 0.717) is 18.9 Å². The van der Waals surface area contributed by atoms with Crippen LogP contribution in [0, 0.1) is 0 Å². The Labute approximate surface area is 78.5 Å². The van der Waals surface area contributed by atoms with Crippen molar-refractivity contribution in [3.63, 3.8) is 0 Å². The molecule has 0 aromatic heterocycles. The van der Waals surface area contributed by atoms with Gasteiger partial charge in [-0.25, -0.2) is 0 Å². The third-order valence-electron chi connectivity index (χ3n) is 1.24. The van der Waals surface area contributed by atoms with Crippen molar-refractivity contribution in [2.24, 2.45) is 0 Å². The van der Waals surface area contributed by atoms with Gasteiger partial charge in [-0.1, -0.05) is 6.58 Å². The largest absolute Gasteiger partial charge is 0.461 e. The molecule has 0 aromatic carbocycles. The van der Waals surface area contributed by atoms with Gasteiger partial charge >= 0.3 is 5.97 Å². The summed E-state index contributed by atoms with van der Waals surface area (Å²) in [6.45, 7) is 5.78. The Kier molecular flexibility index (Phi) is 6.87. The summed E-state index contributed by atoms with van der Waals surface area (Å²) in [5, 5.41) is 0. The average Bonchev–Trinajstić information content (AvgIpc) is 2.01. The molecule has 0 bridgehead atoms. The maximum Gasteiger partial charge on any atom is 0.306 e. The van der Waals surface area contributed by atoms with E-state index in [1.807, 2.05) is 6.92 Å². The molecule has 0 heterocycles. The predicted octanol–water partition coefficient (Wildman–Crippen LogP) is 2.51. The molecule has 0 spiro atoms. The van der Waals surface area contributed by atoms with Crippen molar-refractivity contribution in [3.8, 4) is 0 Å². The first kappa shape index (κ1) is 11.5. The Bertz CT molecular complexity index is 155. The van der Waals surface area contributed by atoms with E-state index in [-0.39, 0.29) is 5.97 Å². The minimum Gasteiger partial charge on any atom is -0.461 e. The standard InChI is InChI=1S/C9H15ClO2/c1-8(2)7-12-9(11)5-3-4-6-10/h1,3-7H2,2H3. The number of esters is 1. The fourth-order valence-corrected chi connectivity index (χ4v) is 0.829. The zero-order valence-electron chi connectivity index (χ0n) is 7.44. The molecule has 0 radical (unpaired) electrons. The van der Waals surface area contributed by atoms with Crippen LogP contribution < -0.4 is 0 Å². The van der Waals surface area contributed by atoms with Gasteiger partial charge in [-0.15, -0.1) is 11.6 Å². The van der Waals surface area contributed by atoms with Crippen molar-refractivity contribution in [2.75, 3.05) is 12.5 Å². The SMILES string of the molecule is C=C(C)COC(=O)CCCCCl. The summed E-state index contributed by atoms with van der Waals surface area (Å²) in [6, 6.07) is 0. The first-order valence-electron chi connectivity index (χ1n) is 4.02. The lowest BCUT2D eigenvalue weighted by Crippen LogP contribution is -2.05. The summed E-state index contributed by atoms with van der Waals surface area (Å²) in [7, 11) is 0. The molecule has 2 nitrogen and oxygen atoms in total. The first-order chi connectivity index (χ1) is 5.66. The lowest BCUT2D eigenvalue weighted by atomic mass is 10.2. The normalized spacial score (nSPS) is 9.50. The highest BCUT2D eigenvalue weighted by molar-refractivity contribution is 6.17. The number of hydrogen-bond acceptors (Lipinski definition) is 2. The molecule has 0 saturated carbocycles. The van der Waals surface area contributed by atoms with E-state index in [1.54, 1.807) is 0 Å². The third kappa shape index (κ3) is 7.61. The maximum atomic E-state index is 10.9. The van der Waals surface area contributed by atoms with Crippen LogP contribution in [-0.2, 0) is 9.53 Å². The third-order valence-corrected chi connectivity index (χ3v) is 1.51. The van der Waals surface area contributed by atoms with Crippen molar-refractivity contribution in [2.45, 2.75) is 26.2 Å². The van der Waals surface area contributed by atoms with Gasteiger partial charge in [0.2, 0.25) is 0 Å². The molecule has 0 aliphatic rings. The Hall–Kier alpha value is -0.500. The molecule has 0 N–H and O–H groups in total. The van der Waals surface area contributed by atoms with Crippen LogP contribution in [0.25, 0.3) is 0 Å². The number of halogens is 1. The van der Waals surface area contributed by atoms with Crippen LogP contribution in [0.4, 0.5) is 0 Å². The average molecular weight is 191 g/mol. The molecule has 0 amide bonds. The van der Waals surface area contributed by atoms with E-state index in [4.69, 9.17) is 16.3 Å². The second kappa shape index (κ2) is 7.17. The molecule has 0 fully saturated rings. The van der Waals surface area contributed by atoms with Crippen molar-refractivity contribution >= 4 is 17.6 Å². The monoisotopic (exact) mass is 190 g/mol. The maximum absolute atomic E-state index is 10.9. The van der Waals surface area contributed by atoms with Gasteiger partial charge in [0, 0.05) is 12.3 Å². The van der Waals surface area contributed by atoms with Crippen LogP contribution in [0.1, 0.15) is 26.2 Å². The second-order valence-corrected chi connectivity index (χ2v) is 3.14. The smallest absolute Gasteiger partial charge is 0.306 e. The summed E-state index contributed by atoms with van der Waals surface area (Å²) in [5.41, 5.74) is 0.862. The van der Waals surface area contributed by atoms with Gasteiger partial charge in [0.1, 0.15) is 6.61 Å². The van der Waals surface area contributed by atoms with Gasteiger partial charge in [-0.05, 0) is 25.3 Å². The van der Waals surface area contributed by atoms with Crippen LogP contribution in [0.15, 0.2) is 12.2 Å². The van der Waals surface area contributed by atoms with E-state index in [2.05, 4.69) is 6.58 Å². The Morgan fingerprint density at radius 3 is 2.67 bits per heavy atom. The molecule has 0 unspecified atom stereocenters. The van der Waals surface area contributed by atoms with Crippen LogP contribution in [0.5, 0.6) is 0 Å². The minimum atomic E-state index is -0.164. The zero-order valence-corrected chi connectivity index (χ0v) is 8.19. The van der Waals surface area contributed by atoms with E-state index < -0.39 is 0 Å². The molecule has 3 heteroatoms. The van der Waals surface area contributed by atoms with Crippen molar-refractivity contribution < 1.29 is 9.53 Å². The summed E-state index contributed by atoms with van der Waals surface area (Å²) < 4.78 is 4.87. The molecule has 0 aliphatic carbocycles. The van der Waals surface area contributed by atoms with Gasteiger partial charge in [-0.2, -0.15) is 0 Å². The van der Waals surface area contributed by atoms with E-state index in [1.165, 1.54) is 0 Å². The van der Waals surface area contributed by atoms with Crippen LogP contribution in [-0.4, -0.2) is 18.5 Å². The van der Waals surface area contributed by atoms with E-state index in [9.17, 15) is 4.79 Å². The quantitative estimate of drug-likeness (QED) is 0.279. The highest BCUT2D eigenvalue weighted by atomic mass is 35.5. The number of ether oxygens (including phenoxy) is 1. The molecule has 0 atom stereocenters. The molecule has 70 valence electrons. The van der Waals surface area contributed by atoms with Gasteiger partial charge in [0.25, 0.3) is 0 Å². The number of carbonyl (C=O) groups excluding carboxylic acids is 1. The Morgan fingerprint density at radius 1 is 1.50 bits per heavy atom. The molecule has 0 aliphatic heterocycles. The highest BCUT2D eigenvalue weighted by Crippen LogP contribution is 2.00. The lowest BCUT2D eigenvalue weighted by molar-refractivity contribution is -0.142. The summed E-state index contributed by atoms with van der Waals surface area (Å²) >= 11 is 5.45. The fraction of sp³-hybridized carbons (Fsp3) is 0.667. The topological polar surface area (TPSA) is 26.3 Å². The van der Waals surface area contributed by atoms with Crippen molar-refractivity contribution in [3.05, 3.63) is 12.2 Å². The Balaban J connectivity index is 3.28. The number of unbranched alkanes of at least 4 members (excludes halogenated alkanes) is 1. The van der Waals surface area contributed by atoms with Crippen molar-refractivity contribution in [1.29, 1.82) is 0 Å². The van der Waals surface area contributed by atoms with Gasteiger partial charge in [0.15, 0.2) is 0 Å². The summed E-state index contributed by atoms with van der Waals surface area (Å²) in [4.78, 5) is 10.9. The molecule has 0 saturated heterocycles. The highest BCUT2D eigenvalue weighted by Gasteiger charge is 2.01. The minimum absolute atomic E-state index is 0.164. The van der Waals surface area contributed by atoms with Gasteiger partial charge in [-0.3, -0.25) is 4.79 Å². The summed E-state index contributed by atoms with van der Waals surface area (Å²) in [5.74, 6) is 0.441. The van der Waals surface area contributed by atoms with Crippen LogP contribution in [0.3, 0.4) is 0 Å². The number of hydrogen-bond donors (Lipinski definition) is 0. The van der Waals surface area contributed by atoms with Crippen LogP contribution in [0.2, 0.25) is 0 Å². The van der Waals surface area contributed by atoms with Gasteiger partial charge < -0.3 is 4.74 Å². The molecule has 0 rings (SSSR count). The molecular formula is C9H15ClO2. The predicted molar refractivity (Wildman–Crippen MR) is 50.3 cm³/mol. The Morgan fingerprint density at radius 2 is 2.17 bits per heavy atom. The zero-order chi connectivity index (χ0) is 9.40. The molecule has 12 heavy (non-hydrogen) atoms. The number of rotatable bonds is 6.